The Balaban J connectivity index is 2.11. The Bertz CT molecular complexity index is 839. The number of carboxylic acids is 1. The van der Waals surface area contributed by atoms with Crippen LogP contribution in [0.15, 0.2) is 48.5 Å². The standard InChI is InChI=1S/C22H25NO3/c1-15(22(24)25)16-10-11-21-20(13-16)19(9-6-12-23(2)3)18-8-5-4-7-17(18)14-26-21/h4-5,7-11,13,15H,6,12,14H2,1-3H3,(H,24,25)/b19-9-. The molecule has 4 heteroatoms. The van der Waals surface area contributed by atoms with E-state index in [0.717, 1.165) is 46.5 Å². The zero-order chi connectivity index (χ0) is 18.7. The quantitative estimate of drug-likeness (QED) is 0.879. The van der Waals surface area contributed by atoms with E-state index >= 15 is 0 Å². The molecule has 1 unspecified atom stereocenters. The maximum absolute atomic E-state index is 11.4. The van der Waals surface area contributed by atoms with Gasteiger partial charge in [-0.1, -0.05) is 36.4 Å². The minimum atomic E-state index is -0.821. The molecule has 1 N–H and O–H groups in total. The van der Waals surface area contributed by atoms with Gasteiger partial charge in [-0.25, -0.2) is 0 Å². The molecule has 0 amide bonds. The summed E-state index contributed by atoms with van der Waals surface area (Å²) in [5.41, 5.74) is 5.18. The highest BCUT2D eigenvalue weighted by Gasteiger charge is 2.22. The van der Waals surface area contributed by atoms with Gasteiger partial charge in [-0.2, -0.15) is 0 Å². The molecule has 4 nitrogen and oxygen atoms in total. The van der Waals surface area contributed by atoms with Crippen LogP contribution in [0.3, 0.4) is 0 Å². The van der Waals surface area contributed by atoms with E-state index in [9.17, 15) is 9.90 Å². The molecule has 0 bridgehead atoms. The van der Waals surface area contributed by atoms with Gasteiger partial charge in [0.05, 0.1) is 5.92 Å². The molecular weight excluding hydrogens is 326 g/mol. The number of carbonyl (C=O) groups is 1. The minimum Gasteiger partial charge on any atom is -0.488 e. The van der Waals surface area contributed by atoms with E-state index in [1.54, 1.807) is 6.92 Å². The summed E-state index contributed by atoms with van der Waals surface area (Å²) in [5, 5.41) is 9.37. The smallest absolute Gasteiger partial charge is 0.310 e. The van der Waals surface area contributed by atoms with Crippen molar-refractivity contribution in [1.82, 2.24) is 4.90 Å². The van der Waals surface area contributed by atoms with Crippen LogP contribution in [0.2, 0.25) is 0 Å². The number of hydrogen-bond acceptors (Lipinski definition) is 3. The van der Waals surface area contributed by atoms with E-state index in [1.165, 1.54) is 0 Å². The Hall–Kier alpha value is -2.59. The molecule has 0 saturated heterocycles. The Morgan fingerprint density at radius 2 is 2.00 bits per heavy atom. The van der Waals surface area contributed by atoms with Crippen LogP contribution < -0.4 is 4.74 Å². The molecular formula is C22H25NO3. The number of aliphatic carboxylic acids is 1. The van der Waals surface area contributed by atoms with E-state index < -0.39 is 11.9 Å². The van der Waals surface area contributed by atoms with E-state index in [-0.39, 0.29) is 0 Å². The molecule has 1 heterocycles. The molecule has 0 saturated carbocycles. The van der Waals surface area contributed by atoms with Gasteiger partial charge in [-0.3, -0.25) is 4.79 Å². The fourth-order valence-corrected chi connectivity index (χ4v) is 3.19. The van der Waals surface area contributed by atoms with Crippen molar-refractivity contribution in [2.24, 2.45) is 0 Å². The molecule has 136 valence electrons. The predicted molar refractivity (Wildman–Crippen MR) is 104 cm³/mol. The summed E-state index contributed by atoms with van der Waals surface area (Å²) in [5.74, 6) is -0.571. The SMILES string of the molecule is CC(C(=O)O)c1ccc2c(c1)/C(=C\CCN(C)C)c1ccccc1CO2. The molecule has 1 atom stereocenters. The monoisotopic (exact) mass is 351 g/mol. The van der Waals surface area contributed by atoms with Crippen LogP contribution in [-0.2, 0) is 11.4 Å². The van der Waals surface area contributed by atoms with E-state index in [1.807, 2.05) is 30.3 Å². The summed E-state index contributed by atoms with van der Waals surface area (Å²) in [4.78, 5) is 13.6. The number of benzene rings is 2. The van der Waals surface area contributed by atoms with Crippen LogP contribution in [0.25, 0.3) is 5.57 Å². The minimum absolute atomic E-state index is 0.516. The normalized spacial score (nSPS) is 15.8. The second-order valence-electron chi connectivity index (χ2n) is 6.97. The molecule has 0 aliphatic carbocycles. The van der Waals surface area contributed by atoms with E-state index in [0.29, 0.717) is 6.61 Å². The lowest BCUT2D eigenvalue weighted by Gasteiger charge is -2.15. The van der Waals surface area contributed by atoms with E-state index in [2.05, 4.69) is 37.2 Å². The highest BCUT2D eigenvalue weighted by molar-refractivity contribution is 5.86. The van der Waals surface area contributed by atoms with Gasteiger partial charge in [0, 0.05) is 12.1 Å². The van der Waals surface area contributed by atoms with Crippen molar-refractivity contribution in [2.45, 2.75) is 25.9 Å². The molecule has 0 aromatic heterocycles. The first-order chi connectivity index (χ1) is 12.5. The molecule has 0 spiro atoms. The van der Waals surface area contributed by atoms with Crippen LogP contribution in [0.5, 0.6) is 5.75 Å². The summed E-state index contributed by atoms with van der Waals surface area (Å²) >= 11 is 0. The number of ether oxygens (including phenoxy) is 1. The maximum Gasteiger partial charge on any atom is 0.310 e. The number of rotatable bonds is 5. The lowest BCUT2D eigenvalue weighted by molar-refractivity contribution is -0.138. The Morgan fingerprint density at radius 3 is 2.73 bits per heavy atom. The van der Waals surface area contributed by atoms with Gasteiger partial charge < -0.3 is 14.7 Å². The van der Waals surface area contributed by atoms with Crippen LogP contribution in [0, 0.1) is 0 Å². The van der Waals surface area contributed by atoms with Crippen LogP contribution in [-0.4, -0.2) is 36.6 Å². The maximum atomic E-state index is 11.4. The van der Waals surface area contributed by atoms with Crippen LogP contribution in [0.1, 0.15) is 41.5 Å². The van der Waals surface area contributed by atoms with Crippen molar-refractivity contribution in [1.29, 1.82) is 0 Å². The Morgan fingerprint density at radius 1 is 1.23 bits per heavy atom. The average Bonchev–Trinajstić information content (AvgIpc) is 2.78. The third-order valence-corrected chi connectivity index (χ3v) is 4.78. The van der Waals surface area contributed by atoms with Gasteiger partial charge in [0.2, 0.25) is 0 Å². The highest BCUT2D eigenvalue weighted by atomic mass is 16.5. The molecule has 1 aliphatic rings. The highest BCUT2D eigenvalue weighted by Crippen LogP contribution is 2.38. The van der Waals surface area contributed by atoms with Crippen molar-refractivity contribution in [3.8, 4) is 5.75 Å². The molecule has 0 fully saturated rings. The summed E-state index contributed by atoms with van der Waals surface area (Å²) in [7, 11) is 4.12. The second-order valence-corrected chi connectivity index (χ2v) is 6.97. The van der Waals surface area contributed by atoms with Gasteiger partial charge in [0.25, 0.3) is 0 Å². The fourth-order valence-electron chi connectivity index (χ4n) is 3.19. The molecule has 2 aromatic rings. The second kappa shape index (κ2) is 7.75. The zero-order valence-corrected chi connectivity index (χ0v) is 15.5. The van der Waals surface area contributed by atoms with Crippen LogP contribution in [0.4, 0.5) is 0 Å². The summed E-state index contributed by atoms with van der Waals surface area (Å²) in [6, 6.07) is 14.0. The summed E-state index contributed by atoms with van der Waals surface area (Å²) < 4.78 is 6.03. The lowest BCUT2D eigenvalue weighted by Crippen LogP contribution is -2.12. The third kappa shape index (κ3) is 3.81. The van der Waals surface area contributed by atoms with Gasteiger partial charge >= 0.3 is 5.97 Å². The topological polar surface area (TPSA) is 49.8 Å². The number of nitrogens with zero attached hydrogens (tertiary/aromatic N) is 1. The number of fused-ring (bicyclic) bond motifs is 2. The molecule has 26 heavy (non-hydrogen) atoms. The molecule has 0 radical (unpaired) electrons. The third-order valence-electron chi connectivity index (χ3n) is 4.78. The molecule has 1 aliphatic heterocycles. The van der Waals surface area contributed by atoms with Crippen molar-refractivity contribution in [2.75, 3.05) is 20.6 Å². The van der Waals surface area contributed by atoms with Gasteiger partial charge in [0.1, 0.15) is 12.4 Å². The van der Waals surface area contributed by atoms with Gasteiger partial charge in [0.15, 0.2) is 0 Å². The van der Waals surface area contributed by atoms with E-state index in [4.69, 9.17) is 4.74 Å². The summed E-state index contributed by atoms with van der Waals surface area (Å²) in [6.45, 7) is 3.18. The van der Waals surface area contributed by atoms with Crippen molar-refractivity contribution in [3.05, 3.63) is 70.8 Å². The van der Waals surface area contributed by atoms with Crippen molar-refractivity contribution >= 4 is 11.5 Å². The largest absolute Gasteiger partial charge is 0.488 e. The first-order valence-electron chi connectivity index (χ1n) is 8.90. The van der Waals surface area contributed by atoms with Gasteiger partial charge in [-0.15, -0.1) is 0 Å². The molecule has 2 aromatic carbocycles. The Labute approximate surface area is 154 Å². The molecule has 3 rings (SSSR count). The first kappa shape index (κ1) is 18.2. The van der Waals surface area contributed by atoms with Crippen molar-refractivity contribution in [3.63, 3.8) is 0 Å². The Kier molecular flexibility index (Phi) is 5.43. The van der Waals surface area contributed by atoms with Crippen LogP contribution >= 0.6 is 0 Å². The van der Waals surface area contributed by atoms with Crippen molar-refractivity contribution < 1.29 is 14.6 Å². The number of carboxylic acid groups (broad SMARTS) is 1. The summed E-state index contributed by atoms with van der Waals surface area (Å²) in [6.07, 6.45) is 3.15. The fraction of sp³-hybridized carbons (Fsp3) is 0.318. The zero-order valence-electron chi connectivity index (χ0n) is 15.5. The average molecular weight is 351 g/mol. The first-order valence-corrected chi connectivity index (χ1v) is 8.90. The lowest BCUT2D eigenvalue weighted by atomic mass is 9.90. The number of hydrogen-bond donors (Lipinski definition) is 1. The predicted octanol–water partition coefficient (Wildman–Crippen LogP) is 4.15. The van der Waals surface area contributed by atoms with Gasteiger partial charge in [-0.05, 0) is 61.8 Å².